The van der Waals surface area contributed by atoms with Gasteiger partial charge in [0.25, 0.3) is 0 Å². The molecule has 0 bridgehead atoms. The third-order valence-corrected chi connectivity index (χ3v) is 3.80. The number of benzene rings is 1. The first-order valence-electron chi connectivity index (χ1n) is 6.86. The highest BCUT2D eigenvalue weighted by atomic mass is 19.1. The maximum Gasteiger partial charge on any atom is 0.146 e. The normalized spacial score (nSPS) is 17.5. The predicted molar refractivity (Wildman–Crippen MR) is 70.8 cm³/mol. The van der Waals surface area contributed by atoms with E-state index in [1.54, 1.807) is 6.92 Å². The van der Waals surface area contributed by atoms with Gasteiger partial charge in [-0.25, -0.2) is 8.78 Å². The van der Waals surface area contributed by atoms with Crippen LogP contribution in [0.2, 0.25) is 0 Å². The van der Waals surface area contributed by atoms with E-state index >= 15 is 0 Å². The molecule has 1 saturated carbocycles. The molecule has 2 rings (SSSR count). The Bertz CT molecular complexity index is 396. The molecule has 0 aliphatic heterocycles. The highest BCUT2D eigenvalue weighted by Gasteiger charge is 2.13. The Balaban J connectivity index is 1.94. The Hall–Kier alpha value is -1.12. The summed E-state index contributed by atoms with van der Waals surface area (Å²) in [4.78, 5) is 0. The maximum atomic E-state index is 13.6. The molecule has 18 heavy (non-hydrogen) atoms. The van der Waals surface area contributed by atoms with Crippen molar-refractivity contribution < 1.29 is 8.78 Å². The van der Waals surface area contributed by atoms with Crippen LogP contribution in [0.25, 0.3) is 0 Å². The Morgan fingerprint density at radius 3 is 2.39 bits per heavy atom. The number of rotatable bonds is 3. The summed E-state index contributed by atoms with van der Waals surface area (Å²) in [7, 11) is 0. The quantitative estimate of drug-likeness (QED) is 0.773. The van der Waals surface area contributed by atoms with Crippen LogP contribution in [-0.2, 0) is 0 Å². The molecule has 1 N–H and O–H groups in total. The third kappa shape index (κ3) is 3.44. The minimum absolute atomic E-state index is 0.294. The van der Waals surface area contributed by atoms with Crippen molar-refractivity contribution >= 4 is 5.69 Å². The minimum atomic E-state index is -0.359. The van der Waals surface area contributed by atoms with E-state index in [4.69, 9.17) is 0 Å². The third-order valence-electron chi connectivity index (χ3n) is 3.80. The van der Waals surface area contributed by atoms with Crippen LogP contribution in [0.15, 0.2) is 12.1 Å². The first-order valence-corrected chi connectivity index (χ1v) is 6.86. The molecule has 1 aromatic carbocycles. The second-order valence-corrected chi connectivity index (χ2v) is 5.32. The second-order valence-electron chi connectivity index (χ2n) is 5.32. The van der Waals surface area contributed by atoms with Crippen LogP contribution in [0, 0.1) is 24.5 Å². The molecule has 0 heterocycles. The van der Waals surface area contributed by atoms with Crippen LogP contribution < -0.4 is 5.32 Å². The molecule has 0 unspecified atom stereocenters. The van der Waals surface area contributed by atoms with Crippen molar-refractivity contribution in [1.29, 1.82) is 0 Å². The Morgan fingerprint density at radius 1 is 1.06 bits per heavy atom. The lowest BCUT2D eigenvalue weighted by Crippen LogP contribution is -2.14. The highest BCUT2D eigenvalue weighted by molar-refractivity contribution is 5.46. The predicted octanol–water partition coefficient (Wildman–Crippen LogP) is 4.66. The van der Waals surface area contributed by atoms with E-state index in [1.165, 1.54) is 50.7 Å². The zero-order valence-electron chi connectivity index (χ0n) is 10.9. The van der Waals surface area contributed by atoms with E-state index in [2.05, 4.69) is 5.32 Å². The van der Waals surface area contributed by atoms with Gasteiger partial charge in [-0.2, -0.15) is 0 Å². The second kappa shape index (κ2) is 6.17. The topological polar surface area (TPSA) is 12.0 Å². The van der Waals surface area contributed by atoms with Crippen LogP contribution >= 0.6 is 0 Å². The van der Waals surface area contributed by atoms with Gasteiger partial charge >= 0.3 is 0 Å². The lowest BCUT2D eigenvalue weighted by Gasteiger charge is -2.16. The van der Waals surface area contributed by atoms with Gasteiger partial charge in [0.1, 0.15) is 11.6 Å². The van der Waals surface area contributed by atoms with Gasteiger partial charge in [-0.3, -0.25) is 0 Å². The summed E-state index contributed by atoms with van der Waals surface area (Å²) in [6, 6.07) is 2.52. The summed E-state index contributed by atoms with van der Waals surface area (Å²) < 4.78 is 27.0. The van der Waals surface area contributed by atoms with Crippen LogP contribution in [0.3, 0.4) is 0 Å². The van der Waals surface area contributed by atoms with E-state index in [9.17, 15) is 8.78 Å². The van der Waals surface area contributed by atoms with E-state index in [0.29, 0.717) is 17.2 Å². The highest BCUT2D eigenvalue weighted by Crippen LogP contribution is 2.24. The van der Waals surface area contributed by atoms with Crippen LogP contribution in [0.4, 0.5) is 14.5 Å². The SMILES string of the molecule is Cc1cc(F)c(NCC2CCCCCC2)cc1F. The number of nitrogens with one attached hydrogen (secondary N) is 1. The molecule has 3 heteroatoms. The van der Waals surface area contributed by atoms with Crippen molar-refractivity contribution in [3.8, 4) is 0 Å². The average molecular weight is 253 g/mol. The lowest BCUT2D eigenvalue weighted by atomic mass is 10.0. The largest absolute Gasteiger partial charge is 0.382 e. The summed E-state index contributed by atoms with van der Waals surface area (Å²) in [5, 5.41) is 3.06. The van der Waals surface area contributed by atoms with E-state index in [0.717, 1.165) is 6.54 Å². The van der Waals surface area contributed by atoms with Gasteiger partial charge in [-0.05, 0) is 37.3 Å². The molecule has 0 radical (unpaired) electrons. The molecule has 1 aliphatic carbocycles. The van der Waals surface area contributed by atoms with Crippen molar-refractivity contribution in [2.24, 2.45) is 5.92 Å². The molecule has 0 spiro atoms. The lowest BCUT2D eigenvalue weighted by molar-refractivity contribution is 0.481. The van der Waals surface area contributed by atoms with Crippen molar-refractivity contribution in [1.82, 2.24) is 0 Å². The van der Waals surface area contributed by atoms with Crippen molar-refractivity contribution in [2.45, 2.75) is 45.4 Å². The van der Waals surface area contributed by atoms with Crippen LogP contribution in [0.5, 0.6) is 0 Å². The Labute approximate surface area is 108 Å². The molecule has 0 atom stereocenters. The maximum absolute atomic E-state index is 13.6. The number of hydrogen-bond donors (Lipinski definition) is 1. The first kappa shape index (κ1) is 13.3. The van der Waals surface area contributed by atoms with Gasteiger partial charge in [0, 0.05) is 12.6 Å². The molecule has 1 aromatic rings. The molecule has 0 aromatic heterocycles. The minimum Gasteiger partial charge on any atom is -0.382 e. The number of hydrogen-bond acceptors (Lipinski definition) is 1. The van der Waals surface area contributed by atoms with Crippen LogP contribution in [0.1, 0.15) is 44.1 Å². The molecule has 0 saturated heterocycles. The van der Waals surface area contributed by atoms with Crippen molar-refractivity contribution in [3.05, 3.63) is 29.3 Å². The van der Waals surface area contributed by atoms with E-state index < -0.39 is 0 Å². The number of anilines is 1. The van der Waals surface area contributed by atoms with Crippen molar-refractivity contribution in [2.75, 3.05) is 11.9 Å². The molecular formula is C15H21F2N. The summed E-state index contributed by atoms with van der Waals surface area (Å²) in [5.41, 5.74) is 0.648. The summed E-state index contributed by atoms with van der Waals surface area (Å²) in [6.45, 7) is 2.33. The molecule has 1 fully saturated rings. The zero-order chi connectivity index (χ0) is 13.0. The molecule has 1 nitrogen and oxygen atoms in total. The standard InChI is InChI=1S/C15H21F2N/c1-11-8-14(17)15(9-13(11)16)18-10-12-6-4-2-3-5-7-12/h8-9,12,18H,2-7,10H2,1H3. The summed E-state index contributed by atoms with van der Waals surface area (Å²) in [5.74, 6) is -0.112. The number of halogens is 2. The van der Waals surface area contributed by atoms with Gasteiger partial charge in [-0.1, -0.05) is 25.7 Å². The van der Waals surface area contributed by atoms with Gasteiger partial charge in [0.15, 0.2) is 0 Å². The van der Waals surface area contributed by atoms with Gasteiger partial charge in [-0.15, -0.1) is 0 Å². The Morgan fingerprint density at radius 2 is 1.72 bits per heavy atom. The molecule has 0 amide bonds. The summed E-state index contributed by atoms with van der Waals surface area (Å²) >= 11 is 0. The average Bonchev–Trinajstić information content (AvgIpc) is 2.60. The molecular weight excluding hydrogens is 232 g/mol. The van der Waals surface area contributed by atoms with Crippen LogP contribution in [-0.4, -0.2) is 6.54 Å². The van der Waals surface area contributed by atoms with Crippen molar-refractivity contribution in [3.63, 3.8) is 0 Å². The Kier molecular flexibility index (Phi) is 4.56. The smallest absolute Gasteiger partial charge is 0.146 e. The number of aryl methyl sites for hydroxylation is 1. The fourth-order valence-electron chi connectivity index (χ4n) is 2.60. The fourth-order valence-corrected chi connectivity index (χ4v) is 2.60. The van der Waals surface area contributed by atoms with Gasteiger partial charge in [0.05, 0.1) is 5.69 Å². The first-order chi connectivity index (χ1) is 8.66. The molecule has 100 valence electrons. The monoisotopic (exact) mass is 253 g/mol. The van der Waals surface area contributed by atoms with Gasteiger partial charge in [0.2, 0.25) is 0 Å². The zero-order valence-corrected chi connectivity index (χ0v) is 10.9. The molecule has 1 aliphatic rings. The fraction of sp³-hybridized carbons (Fsp3) is 0.600. The van der Waals surface area contributed by atoms with E-state index in [1.807, 2.05) is 0 Å². The van der Waals surface area contributed by atoms with Gasteiger partial charge < -0.3 is 5.32 Å². The van der Waals surface area contributed by atoms with E-state index in [-0.39, 0.29) is 11.6 Å². The summed E-state index contributed by atoms with van der Waals surface area (Å²) in [6.07, 6.45) is 7.54.